The van der Waals surface area contributed by atoms with Gasteiger partial charge in [0, 0.05) is 19.3 Å². The molecular formula is C64H124O10. The Balaban J connectivity index is 4.86. The second-order valence-corrected chi connectivity index (χ2v) is 23.0. The highest BCUT2D eigenvalue weighted by Crippen LogP contribution is 2.25. The van der Waals surface area contributed by atoms with Gasteiger partial charge in [0.2, 0.25) is 0 Å². The van der Waals surface area contributed by atoms with Crippen molar-refractivity contribution in [3.63, 3.8) is 0 Å². The lowest BCUT2D eigenvalue weighted by Crippen LogP contribution is -2.45. The van der Waals surface area contributed by atoms with Crippen LogP contribution in [0.1, 0.15) is 329 Å². The molecule has 0 amide bonds. The summed E-state index contributed by atoms with van der Waals surface area (Å²) in [6.45, 7) is 4.30. The minimum atomic E-state index is -1.28. The minimum Gasteiger partial charge on any atom is -0.465 e. The average molecular weight is 1050 g/mol. The molecule has 10 heteroatoms. The lowest BCUT2D eigenvalue weighted by atomic mass is 9.90. The summed E-state index contributed by atoms with van der Waals surface area (Å²) in [7, 11) is 0. The van der Waals surface area contributed by atoms with E-state index in [0.29, 0.717) is 0 Å². The molecule has 10 nitrogen and oxygen atoms in total. The van der Waals surface area contributed by atoms with E-state index in [-0.39, 0.29) is 70.2 Å². The molecule has 74 heavy (non-hydrogen) atoms. The van der Waals surface area contributed by atoms with Crippen LogP contribution in [-0.2, 0) is 33.3 Å². The first-order chi connectivity index (χ1) is 36.3. The first kappa shape index (κ1) is 72.2. The number of unbranched alkanes of at least 4 members (excludes halogenated alkanes) is 42. The molecule has 0 aromatic rings. The zero-order valence-electron chi connectivity index (χ0n) is 49.3. The van der Waals surface area contributed by atoms with Gasteiger partial charge in [-0.2, -0.15) is 0 Å². The summed E-state index contributed by atoms with van der Waals surface area (Å²) in [5, 5.41) is 31.5. The molecule has 0 saturated carbocycles. The Bertz CT molecular complexity index is 1140. The first-order valence-corrected chi connectivity index (χ1v) is 32.1. The van der Waals surface area contributed by atoms with Gasteiger partial charge < -0.3 is 34.3 Å². The summed E-state index contributed by atoms with van der Waals surface area (Å²) in [5.41, 5.74) is -2.53. The smallest absolute Gasteiger partial charge is 0.305 e. The van der Waals surface area contributed by atoms with Gasteiger partial charge in [-0.15, -0.1) is 0 Å². The van der Waals surface area contributed by atoms with E-state index in [2.05, 4.69) is 20.8 Å². The zero-order valence-corrected chi connectivity index (χ0v) is 49.3. The summed E-state index contributed by atoms with van der Waals surface area (Å²) >= 11 is 0. The number of aliphatic hydroxyl groups is 3. The van der Waals surface area contributed by atoms with Crippen LogP contribution >= 0.6 is 0 Å². The number of carbonyl (C=O) groups excluding carboxylic acids is 3. The van der Waals surface area contributed by atoms with Gasteiger partial charge in [-0.25, -0.2) is 0 Å². The van der Waals surface area contributed by atoms with E-state index in [4.69, 9.17) is 18.9 Å². The van der Waals surface area contributed by atoms with Gasteiger partial charge in [0.05, 0.1) is 43.9 Å². The molecule has 0 aliphatic rings. The van der Waals surface area contributed by atoms with Gasteiger partial charge in [-0.05, 0) is 19.3 Å². The van der Waals surface area contributed by atoms with Crippen molar-refractivity contribution in [2.75, 3.05) is 52.9 Å². The second-order valence-electron chi connectivity index (χ2n) is 23.0. The number of aliphatic hydroxyl groups excluding tert-OH is 3. The van der Waals surface area contributed by atoms with Crippen molar-refractivity contribution in [2.24, 2.45) is 10.8 Å². The van der Waals surface area contributed by atoms with E-state index in [1.807, 2.05) is 0 Å². The molecule has 0 radical (unpaired) electrons. The average Bonchev–Trinajstić information content (AvgIpc) is 3.41. The summed E-state index contributed by atoms with van der Waals surface area (Å²) < 4.78 is 23.1. The van der Waals surface area contributed by atoms with Gasteiger partial charge >= 0.3 is 17.9 Å². The number of hydrogen-bond acceptors (Lipinski definition) is 10. The maximum Gasteiger partial charge on any atom is 0.305 e. The Morgan fingerprint density at radius 1 is 0.257 bits per heavy atom. The van der Waals surface area contributed by atoms with E-state index in [1.165, 1.54) is 231 Å². The maximum atomic E-state index is 13.0. The van der Waals surface area contributed by atoms with Crippen LogP contribution in [0.5, 0.6) is 0 Å². The lowest BCUT2D eigenvalue weighted by Gasteiger charge is -2.34. The number of esters is 3. The number of carbonyl (C=O) groups is 3. The van der Waals surface area contributed by atoms with Crippen LogP contribution in [0, 0.1) is 10.8 Å². The minimum absolute atomic E-state index is 0.170. The van der Waals surface area contributed by atoms with Crippen molar-refractivity contribution in [3.05, 3.63) is 0 Å². The Morgan fingerprint density at radius 2 is 0.432 bits per heavy atom. The fourth-order valence-electron chi connectivity index (χ4n) is 9.86. The molecule has 0 rings (SSSR count). The molecule has 0 spiro atoms. The largest absolute Gasteiger partial charge is 0.465 e. The van der Waals surface area contributed by atoms with Crippen LogP contribution in [0.25, 0.3) is 0 Å². The lowest BCUT2D eigenvalue weighted by molar-refractivity contribution is -0.165. The van der Waals surface area contributed by atoms with Crippen molar-refractivity contribution in [2.45, 2.75) is 329 Å². The molecule has 0 heterocycles. The molecule has 0 saturated heterocycles. The van der Waals surface area contributed by atoms with Crippen molar-refractivity contribution in [1.82, 2.24) is 0 Å². The highest BCUT2D eigenvalue weighted by Gasteiger charge is 2.37. The van der Waals surface area contributed by atoms with Gasteiger partial charge in [-0.3, -0.25) is 14.4 Å². The Labute approximate surface area is 457 Å². The van der Waals surface area contributed by atoms with Crippen molar-refractivity contribution >= 4 is 17.9 Å². The number of ether oxygens (including phenoxy) is 4. The predicted octanol–water partition coefficient (Wildman–Crippen LogP) is 17.4. The normalized spacial score (nSPS) is 11.9. The standard InChI is InChI=1S/C64H124O10/c1-4-7-10-13-16-19-22-25-28-31-34-37-40-43-46-49-60(68)72-57-63(52-65,53-66)55-71-56-64(54-67,58-73-61(69)50-47-44-41-38-35-32-29-26-23-20-17-14-11-8-5-2)59-74-62(70)51-48-45-42-39-36-33-30-27-24-21-18-15-12-9-6-3/h65-67H,4-59H2,1-3H3. The number of rotatable bonds is 61. The van der Waals surface area contributed by atoms with Crippen molar-refractivity contribution in [1.29, 1.82) is 0 Å². The fourth-order valence-corrected chi connectivity index (χ4v) is 9.86. The summed E-state index contributed by atoms with van der Waals surface area (Å²) in [4.78, 5) is 38.7. The number of hydrogen-bond donors (Lipinski definition) is 3. The van der Waals surface area contributed by atoms with Crippen molar-refractivity contribution in [3.8, 4) is 0 Å². The van der Waals surface area contributed by atoms with Crippen LogP contribution in [0.2, 0.25) is 0 Å². The van der Waals surface area contributed by atoms with Crippen LogP contribution in [0.15, 0.2) is 0 Å². The third-order valence-corrected chi connectivity index (χ3v) is 15.4. The fraction of sp³-hybridized carbons (Fsp3) is 0.953. The third kappa shape index (κ3) is 47.5. The van der Waals surface area contributed by atoms with Gasteiger partial charge in [0.25, 0.3) is 0 Å². The molecule has 440 valence electrons. The molecule has 0 aliphatic heterocycles. The third-order valence-electron chi connectivity index (χ3n) is 15.4. The van der Waals surface area contributed by atoms with Crippen LogP contribution < -0.4 is 0 Å². The molecule has 3 N–H and O–H groups in total. The molecule has 0 aliphatic carbocycles. The topological polar surface area (TPSA) is 149 Å². The molecule has 0 aromatic carbocycles. The molecule has 0 unspecified atom stereocenters. The quantitative estimate of drug-likeness (QED) is 0.0305. The van der Waals surface area contributed by atoms with Crippen LogP contribution in [0.4, 0.5) is 0 Å². The molecule has 0 fully saturated rings. The molecule has 0 atom stereocenters. The van der Waals surface area contributed by atoms with Crippen LogP contribution in [0.3, 0.4) is 0 Å². The molecule has 0 aromatic heterocycles. The van der Waals surface area contributed by atoms with Gasteiger partial charge in [0.1, 0.15) is 19.8 Å². The molecular weight excluding hydrogens is 929 g/mol. The highest BCUT2D eigenvalue weighted by atomic mass is 16.6. The van der Waals surface area contributed by atoms with Crippen molar-refractivity contribution < 1.29 is 48.7 Å². The zero-order chi connectivity index (χ0) is 54.2. The SMILES string of the molecule is CCCCCCCCCCCCCCCCCC(=O)OCC(CO)(CO)COCC(CO)(COC(=O)CCCCCCCCCCCCCCCCC)COC(=O)CCCCCCCCCCCCCCCCC. The first-order valence-electron chi connectivity index (χ1n) is 32.1. The van der Waals surface area contributed by atoms with E-state index in [0.717, 1.165) is 57.8 Å². The van der Waals surface area contributed by atoms with Gasteiger partial charge in [0.15, 0.2) is 0 Å². The Hall–Kier alpha value is -1.75. The second kappa shape index (κ2) is 56.0. The summed E-state index contributed by atoms with van der Waals surface area (Å²) in [6.07, 6.45) is 56.6. The highest BCUT2D eigenvalue weighted by molar-refractivity contribution is 5.70. The van der Waals surface area contributed by atoms with E-state index in [9.17, 15) is 29.7 Å². The van der Waals surface area contributed by atoms with Gasteiger partial charge in [-0.1, -0.05) is 290 Å². The van der Waals surface area contributed by atoms with E-state index >= 15 is 0 Å². The Morgan fingerprint density at radius 3 is 0.635 bits per heavy atom. The summed E-state index contributed by atoms with van der Waals surface area (Å²) in [5.74, 6) is -1.12. The monoisotopic (exact) mass is 1050 g/mol. The summed E-state index contributed by atoms with van der Waals surface area (Å²) in [6, 6.07) is 0. The van der Waals surface area contributed by atoms with E-state index in [1.54, 1.807) is 0 Å². The Kier molecular flexibility index (Phi) is 54.7. The predicted molar refractivity (Wildman–Crippen MR) is 308 cm³/mol. The maximum absolute atomic E-state index is 13.0. The van der Waals surface area contributed by atoms with E-state index < -0.39 is 30.7 Å². The van der Waals surface area contributed by atoms with Crippen LogP contribution in [-0.4, -0.2) is 86.1 Å². The molecule has 0 bridgehead atoms.